The molecule has 3 aromatic carbocycles. The van der Waals surface area contributed by atoms with E-state index in [-0.39, 0.29) is 17.9 Å². The smallest absolute Gasteiger partial charge is 0.276 e. The van der Waals surface area contributed by atoms with E-state index in [2.05, 4.69) is 15.0 Å². The minimum Gasteiger partial charge on any atom is -0.341 e. The first-order chi connectivity index (χ1) is 14.1. The van der Waals surface area contributed by atoms with Crippen LogP contribution in [0.1, 0.15) is 43.6 Å². The number of hydrogen-bond donors (Lipinski definition) is 2. The third-order valence-corrected chi connectivity index (χ3v) is 6.08. The molecule has 0 unspecified atom stereocenters. The average Bonchev–Trinajstić information content (AvgIpc) is 3.31. The Morgan fingerprint density at radius 1 is 1.03 bits per heavy atom. The van der Waals surface area contributed by atoms with Gasteiger partial charge in [-0.1, -0.05) is 48.5 Å². The Balaban J connectivity index is 1.57. The molecule has 0 aliphatic carbocycles. The number of amides is 2. The highest BCUT2D eigenvalue weighted by Crippen LogP contribution is 2.37. The predicted octanol–water partition coefficient (Wildman–Crippen LogP) is 4.69. The van der Waals surface area contributed by atoms with Gasteiger partial charge in [-0.05, 0) is 47.8 Å². The van der Waals surface area contributed by atoms with Crippen LogP contribution in [0, 0.1) is 6.92 Å². The van der Waals surface area contributed by atoms with E-state index >= 15 is 0 Å². The molecule has 0 spiro atoms. The molecule has 2 heterocycles. The van der Waals surface area contributed by atoms with Crippen LogP contribution >= 0.6 is 11.5 Å². The molecule has 1 aliphatic heterocycles. The maximum Gasteiger partial charge on any atom is 0.276 e. The van der Waals surface area contributed by atoms with Crippen molar-refractivity contribution in [1.29, 1.82) is 0 Å². The summed E-state index contributed by atoms with van der Waals surface area (Å²) in [7, 11) is 0. The molecule has 29 heavy (non-hydrogen) atoms. The van der Waals surface area contributed by atoms with Crippen molar-refractivity contribution >= 4 is 39.1 Å². The highest BCUT2D eigenvalue weighted by Gasteiger charge is 2.33. The van der Waals surface area contributed by atoms with Gasteiger partial charge in [0.25, 0.3) is 11.8 Å². The van der Waals surface area contributed by atoms with Crippen LogP contribution in [0.2, 0.25) is 0 Å². The van der Waals surface area contributed by atoms with Crippen molar-refractivity contribution in [2.75, 3.05) is 5.32 Å². The minimum absolute atomic E-state index is 0.136. The van der Waals surface area contributed by atoms with Gasteiger partial charge in [0.1, 0.15) is 5.69 Å². The first-order valence-corrected chi connectivity index (χ1v) is 10.1. The summed E-state index contributed by atoms with van der Waals surface area (Å²) in [5, 5.41) is 6.87. The van der Waals surface area contributed by atoms with Crippen LogP contribution in [-0.2, 0) is 0 Å². The third kappa shape index (κ3) is 2.89. The number of nitrogens with zero attached hydrogens (tertiary/aromatic N) is 1. The highest BCUT2D eigenvalue weighted by atomic mass is 32.1. The van der Waals surface area contributed by atoms with Crippen molar-refractivity contribution in [2.45, 2.75) is 13.0 Å². The Hall–Kier alpha value is -3.51. The summed E-state index contributed by atoms with van der Waals surface area (Å²) < 4.78 is 5.30. The van der Waals surface area contributed by atoms with Gasteiger partial charge < -0.3 is 10.6 Å². The summed E-state index contributed by atoms with van der Waals surface area (Å²) in [6.45, 7) is 2.02. The van der Waals surface area contributed by atoms with Gasteiger partial charge >= 0.3 is 0 Å². The lowest BCUT2D eigenvalue weighted by Gasteiger charge is -2.18. The lowest BCUT2D eigenvalue weighted by atomic mass is 9.93. The first kappa shape index (κ1) is 17.6. The maximum absolute atomic E-state index is 13.0. The fraction of sp³-hybridized carbons (Fsp3) is 0.0870. The number of benzene rings is 3. The van der Waals surface area contributed by atoms with Gasteiger partial charge in [-0.3, -0.25) is 9.59 Å². The van der Waals surface area contributed by atoms with E-state index in [1.165, 1.54) is 11.5 Å². The summed E-state index contributed by atoms with van der Waals surface area (Å²) in [5.74, 6) is -0.415. The molecule has 5 rings (SSSR count). The standard InChI is InChI=1S/C23H17N3O2S/c1-13-7-2-3-8-14(13)20-19-16(22(27)25-20)10-6-11-17(19)24-23(28)21-15-9-4-5-12-18(15)29-26-21/h2-12,20H,1H3,(H,24,28)(H,25,27)/t20-/m0/s1. The number of hydrogen-bond acceptors (Lipinski definition) is 4. The number of nitrogens with one attached hydrogen (secondary N) is 2. The molecular weight excluding hydrogens is 382 g/mol. The molecule has 0 saturated carbocycles. The molecule has 1 atom stereocenters. The summed E-state index contributed by atoms with van der Waals surface area (Å²) in [5.41, 5.74) is 4.49. The number of fused-ring (bicyclic) bond motifs is 2. The van der Waals surface area contributed by atoms with Gasteiger partial charge in [0, 0.05) is 22.2 Å². The Bertz CT molecular complexity index is 1280. The van der Waals surface area contributed by atoms with Gasteiger partial charge in [0.15, 0.2) is 0 Å². The topological polar surface area (TPSA) is 71.1 Å². The maximum atomic E-state index is 13.0. The zero-order valence-corrected chi connectivity index (χ0v) is 16.4. The quantitative estimate of drug-likeness (QED) is 0.525. The molecule has 0 fully saturated rings. The number of aromatic nitrogens is 1. The number of aryl methyl sites for hydroxylation is 1. The summed E-state index contributed by atoms with van der Waals surface area (Å²) in [6, 6.07) is 20.7. The molecule has 6 heteroatoms. The largest absolute Gasteiger partial charge is 0.341 e. The Labute approximate surface area is 171 Å². The number of carbonyl (C=O) groups excluding carboxylic acids is 2. The van der Waals surface area contributed by atoms with Crippen LogP contribution in [0.4, 0.5) is 5.69 Å². The van der Waals surface area contributed by atoms with Crippen LogP contribution in [0.3, 0.4) is 0 Å². The summed E-state index contributed by atoms with van der Waals surface area (Å²) in [6.07, 6.45) is 0. The molecule has 0 radical (unpaired) electrons. The Morgan fingerprint density at radius 3 is 2.69 bits per heavy atom. The van der Waals surface area contributed by atoms with Gasteiger partial charge in [0.05, 0.1) is 10.7 Å². The van der Waals surface area contributed by atoms with E-state index in [1.807, 2.05) is 61.5 Å². The van der Waals surface area contributed by atoms with Crippen molar-refractivity contribution in [2.24, 2.45) is 0 Å². The second-order valence-corrected chi connectivity index (χ2v) is 7.82. The molecule has 1 aliphatic rings. The molecule has 1 aromatic heterocycles. The van der Waals surface area contributed by atoms with E-state index < -0.39 is 0 Å². The lowest BCUT2D eigenvalue weighted by molar-refractivity contribution is 0.0959. The number of anilines is 1. The lowest BCUT2D eigenvalue weighted by Crippen LogP contribution is -2.21. The average molecular weight is 399 g/mol. The van der Waals surface area contributed by atoms with E-state index in [4.69, 9.17) is 0 Å². The second kappa shape index (κ2) is 6.83. The summed E-state index contributed by atoms with van der Waals surface area (Å²) in [4.78, 5) is 25.6. The molecule has 0 saturated heterocycles. The van der Waals surface area contributed by atoms with Crippen molar-refractivity contribution < 1.29 is 9.59 Å². The fourth-order valence-corrected chi connectivity index (χ4v) is 4.61. The zero-order valence-electron chi connectivity index (χ0n) is 15.6. The second-order valence-electron chi connectivity index (χ2n) is 7.01. The van der Waals surface area contributed by atoms with Crippen molar-refractivity contribution in [1.82, 2.24) is 9.69 Å². The normalized spacial score (nSPS) is 15.2. The van der Waals surface area contributed by atoms with Crippen LogP contribution in [-0.4, -0.2) is 16.2 Å². The minimum atomic E-state index is -0.303. The first-order valence-electron chi connectivity index (χ1n) is 9.28. The molecule has 142 valence electrons. The Kier molecular flexibility index (Phi) is 4.14. The van der Waals surface area contributed by atoms with Crippen LogP contribution in [0.25, 0.3) is 10.1 Å². The summed E-state index contributed by atoms with van der Waals surface area (Å²) >= 11 is 1.30. The fourth-order valence-electron chi connectivity index (χ4n) is 3.84. The number of carbonyl (C=O) groups is 2. The van der Waals surface area contributed by atoms with Gasteiger partial charge in [-0.15, -0.1) is 0 Å². The van der Waals surface area contributed by atoms with Gasteiger partial charge in [0.2, 0.25) is 0 Å². The third-order valence-electron chi connectivity index (χ3n) is 5.26. The van der Waals surface area contributed by atoms with E-state index in [0.717, 1.165) is 26.8 Å². The molecule has 2 N–H and O–H groups in total. The molecule has 5 nitrogen and oxygen atoms in total. The molecule has 0 bridgehead atoms. The van der Waals surface area contributed by atoms with Crippen LogP contribution in [0.15, 0.2) is 66.7 Å². The van der Waals surface area contributed by atoms with E-state index in [1.54, 1.807) is 12.1 Å². The SMILES string of the molecule is Cc1ccccc1[C@@H]1NC(=O)c2cccc(NC(=O)c3nsc4ccccc34)c21. The molecule has 2 amide bonds. The predicted molar refractivity (Wildman–Crippen MR) is 115 cm³/mol. The van der Waals surface area contributed by atoms with Gasteiger partial charge in [-0.25, -0.2) is 0 Å². The van der Waals surface area contributed by atoms with E-state index in [0.29, 0.717) is 16.9 Å². The molecular formula is C23H17N3O2S. The molecule has 4 aromatic rings. The number of rotatable bonds is 3. The van der Waals surface area contributed by atoms with Crippen LogP contribution in [0.5, 0.6) is 0 Å². The van der Waals surface area contributed by atoms with Crippen LogP contribution < -0.4 is 10.6 Å². The monoisotopic (exact) mass is 399 g/mol. The van der Waals surface area contributed by atoms with Crippen molar-refractivity contribution in [3.05, 3.63) is 94.7 Å². The Morgan fingerprint density at radius 2 is 1.83 bits per heavy atom. The van der Waals surface area contributed by atoms with Crippen molar-refractivity contribution in [3.8, 4) is 0 Å². The van der Waals surface area contributed by atoms with Gasteiger partial charge in [-0.2, -0.15) is 4.37 Å². The van der Waals surface area contributed by atoms with Crippen molar-refractivity contribution in [3.63, 3.8) is 0 Å². The zero-order chi connectivity index (χ0) is 20.0. The van der Waals surface area contributed by atoms with E-state index in [9.17, 15) is 9.59 Å². The highest BCUT2D eigenvalue weighted by molar-refractivity contribution is 7.13.